The molecule has 2 aromatic carbocycles. The van der Waals surface area contributed by atoms with Crippen LogP contribution in [-0.4, -0.2) is 17.5 Å². The van der Waals surface area contributed by atoms with Gasteiger partial charge in [-0.15, -0.1) is 0 Å². The molecule has 0 radical (unpaired) electrons. The Balaban J connectivity index is 1.74. The Morgan fingerprint density at radius 1 is 1.17 bits per heavy atom. The molecule has 0 aliphatic heterocycles. The van der Waals surface area contributed by atoms with Crippen molar-refractivity contribution in [2.24, 2.45) is 0 Å². The van der Waals surface area contributed by atoms with Crippen LogP contribution in [0.5, 0.6) is 5.75 Å². The quantitative estimate of drug-likeness (QED) is 0.733. The van der Waals surface area contributed by atoms with Crippen molar-refractivity contribution in [1.82, 2.24) is 4.98 Å². The van der Waals surface area contributed by atoms with Gasteiger partial charge in [-0.2, -0.15) is 0 Å². The van der Waals surface area contributed by atoms with Crippen LogP contribution in [0.25, 0.3) is 10.9 Å². The number of aromatic amines is 1. The first kappa shape index (κ1) is 16.1. The van der Waals surface area contributed by atoms with E-state index in [1.54, 1.807) is 0 Å². The van der Waals surface area contributed by atoms with Crippen LogP contribution in [0.3, 0.4) is 0 Å². The monoisotopic (exact) mass is 322 g/mol. The van der Waals surface area contributed by atoms with Crippen LogP contribution < -0.4 is 10.1 Å². The van der Waals surface area contributed by atoms with Crippen molar-refractivity contribution in [1.29, 1.82) is 0 Å². The summed E-state index contributed by atoms with van der Waals surface area (Å²) in [6.45, 7) is 6.24. The van der Waals surface area contributed by atoms with E-state index in [0.717, 1.165) is 34.3 Å². The lowest BCUT2D eigenvalue weighted by atomic mass is 10.1. The summed E-state index contributed by atoms with van der Waals surface area (Å²) in [4.78, 5) is 14.5. The minimum atomic E-state index is -0.0840. The number of benzene rings is 2. The number of hydrogen-bond donors (Lipinski definition) is 2. The number of nitrogens with one attached hydrogen (secondary N) is 2. The number of rotatable bonds is 5. The summed E-state index contributed by atoms with van der Waals surface area (Å²) in [6, 6.07) is 12.5. The molecule has 1 heterocycles. The average molecular weight is 322 g/mol. The van der Waals surface area contributed by atoms with Crippen LogP contribution in [0.1, 0.15) is 23.6 Å². The highest BCUT2D eigenvalue weighted by molar-refractivity contribution is 6.02. The molecule has 1 amide bonds. The smallest absolute Gasteiger partial charge is 0.221 e. The molecule has 24 heavy (non-hydrogen) atoms. The largest absolute Gasteiger partial charge is 0.493 e. The van der Waals surface area contributed by atoms with Crippen molar-refractivity contribution in [2.45, 2.75) is 27.2 Å². The van der Waals surface area contributed by atoms with Crippen LogP contribution in [0.15, 0.2) is 42.6 Å². The number of amides is 1. The van der Waals surface area contributed by atoms with Gasteiger partial charge in [0.05, 0.1) is 17.8 Å². The lowest BCUT2D eigenvalue weighted by Gasteiger charge is -2.09. The van der Waals surface area contributed by atoms with Crippen LogP contribution >= 0.6 is 0 Å². The van der Waals surface area contributed by atoms with Crippen LogP contribution in [0.4, 0.5) is 5.69 Å². The maximum absolute atomic E-state index is 11.3. The van der Waals surface area contributed by atoms with Crippen molar-refractivity contribution in [3.05, 3.63) is 59.3 Å². The van der Waals surface area contributed by atoms with Gasteiger partial charge < -0.3 is 15.0 Å². The first-order chi connectivity index (χ1) is 11.5. The zero-order valence-corrected chi connectivity index (χ0v) is 14.3. The van der Waals surface area contributed by atoms with Gasteiger partial charge in [-0.3, -0.25) is 4.79 Å². The first-order valence-electron chi connectivity index (χ1n) is 8.10. The lowest BCUT2D eigenvalue weighted by molar-refractivity contribution is -0.114. The van der Waals surface area contributed by atoms with Crippen LogP contribution in [0, 0.1) is 13.8 Å². The molecule has 0 aliphatic rings. The van der Waals surface area contributed by atoms with E-state index in [1.807, 2.05) is 25.3 Å². The number of aromatic nitrogens is 1. The number of hydrogen-bond acceptors (Lipinski definition) is 2. The third-order valence-electron chi connectivity index (χ3n) is 4.05. The summed E-state index contributed by atoms with van der Waals surface area (Å²) in [6.07, 6.45) is 2.68. The molecule has 3 rings (SSSR count). The molecule has 0 bridgehead atoms. The molecule has 0 unspecified atom stereocenters. The molecule has 2 N–H and O–H groups in total. The van der Waals surface area contributed by atoms with Gasteiger partial charge in [0.2, 0.25) is 5.91 Å². The standard InChI is InChI=1S/C20H22N2O2/c1-13-4-6-16(7-5-13)8-9-24-17-10-14(2)20-18(11-17)19(12-21-20)22-15(3)23/h4-7,10-12,21H,8-9H2,1-3H3,(H,22,23). The fraction of sp³-hybridized carbons (Fsp3) is 0.250. The highest BCUT2D eigenvalue weighted by Gasteiger charge is 2.09. The van der Waals surface area contributed by atoms with Crippen LogP contribution in [0.2, 0.25) is 0 Å². The molecule has 0 saturated heterocycles. The van der Waals surface area contributed by atoms with Gasteiger partial charge in [0.15, 0.2) is 0 Å². The van der Waals surface area contributed by atoms with E-state index in [2.05, 4.69) is 41.5 Å². The second-order valence-corrected chi connectivity index (χ2v) is 6.13. The lowest BCUT2D eigenvalue weighted by Crippen LogP contribution is -2.05. The van der Waals surface area contributed by atoms with Gasteiger partial charge in [-0.25, -0.2) is 0 Å². The maximum atomic E-state index is 11.3. The number of H-pyrrole nitrogens is 1. The SMILES string of the molecule is CC(=O)Nc1c[nH]c2c(C)cc(OCCc3ccc(C)cc3)cc12. The summed E-state index contributed by atoms with van der Waals surface area (Å²) in [5, 5.41) is 3.81. The number of fused-ring (bicyclic) bond motifs is 1. The van der Waals surface area contributed by atoms with Gasteiger partial charge >= 0.3 is 0 Å². The second kappa shape index (κ2) is 6.79. The topological polar surface area (TPSA) is 54.1 Å². The number of anilines is 1. The van der Waals surface area contributed by atoms with E-state index in [4.69, 9.17) is 4.74 Å². The summed E-state index contributed by atoms with van der Waals surface area (Å²) in [5.41, 5.74) is 5.42. The van der Waals surface area contributed by atoms with Crippen molar-refractivity contribution >= 4 is 22.5 Å². The van der Waals surface area contributed by atoms with Gasteiger partial charge in [0.1, 0.15) is 5.75 Å². The molecule has 124 valence electrons. The van der Waals surface area contributed by atoms with E-state index in [0.29, 0.717) is 6.61 Å². The van der Waals surface area contributed by atoms with E-state index in [9.17, 15) is 4.79 Å². The predicted molar refractivity (Wildman–Crippen MR) is 97.7 cm³/mol. The molecule has 0 fully saturated rings. The van der Waals surface area contributed by atoms with Crippen molar-refractivity contribution in [3.63, 3.8) is 0 Å². The predicted octanol–water partition coefficient (Wildman–Crippen LogP) is 4.36. The van der Waals surface area contributed by atoms with Gasteiger partial charge in [-0.05, 0) is 37.1 Å². The Morgan fingerprint density at radius 2 is 1.92 bits per heavy atom. The summed E-state index contributed by atoms with van der Waals surface area (Å²) in [7, 11) is 0. The van der Waals surface area contributed by atoms with Crippen molar-refractivity contribution in [3.8, 4) is 5.75 Å². The third-order valence-corrected chi connectivity index (χ3v) is 4.05. The highest BCUT2D eigenvalue weighted by Crippen LogP contribution is 2.30. The zero-order valence-electron chi connectivity index (χ0n) is 14.3. The zero-order chi connectivity index (χ0) is 17.1. The summed E-state index contributed by atoms with van der Waals surface area (Å²) in [5.74, 6) is 0.734. The number of aryl methyl sites for hydroxylation is 2. The number of ether oxygens (including phenoxy) is 1. The van der Waals surface area contributed by atoms with E-state index < -0.39 is 0 Å². The van der Waals surface area contributed by atoms with E-state index >= 15 is 0 Å². The molecule has 1 aromatic heterocycles. The van der Waals surface area contributed by atoms with E-state index in [-0.39, 0.29) is 5.91 Å². The normalized spacial score (nSPS) is 10.8. The molecule has 0 saturated carbocycles. The molecular weight excluding hydrogens is 300 g/mol. The molecule has 3 aromatic rings. The minimum absolute atomic E-state index is 0.0840. The molecule has 0 spiro atoms. The number of carbonyl (C=O) groups excluding carboxylic acids is 1. The van der Waals surface area contributed by atoms with Crippen molar-refractivity contribution < 1.29 is 9.53 Å². The first-order valence-corrected chi connectivity index (χ1v) is 8.10. The fourth-order valence-corrected chi connectivity index (χ4v) is 2.80. The van der Waals surface area contributed by atoms with E-state index in [1.165, 1.54) is 18.1 Å². The molecule has 0 aliphatic carbocycles. The maximum Gasteiger partial charge on any atom is 0.221 e. The van der Waals surface area contributed by atoms with Gasteiger partial charge in [0, 0.05) is 24.9 Å². The molecule has 4 heteroatoms. The fourth-order valence-electron chi connectivity index (χ4n) is 2.80. The third kappa shape index (κ3) is 3.59. The van der Waals surface area contributed by atoms with Gasteiger partial charge in [0.25, 0.3) is 0 Å². The minimum Gasteiger partial charge on any atom is -0.493 e. The summed E-state index contributed by atoms with van der Waals surface area (Å²) >= 11 is 0. The van der Waals surface area contributed by atoms with Crippen molar-refractivity contribution in [2.75, 3.05) is 11.9 Å². The molecule has 0 atom stereocenters. The molecule has 4 nitrogen and oxygen atoms in total. The Hall–Kier alpha value is -2.75. The Kier molecular flexibility index (Phi) is 4.56. The van der Waals surface area contributed by atoms with Crippen LogP contribution in [-0.2, 0) is 11.2 Å². The molecular formula is C20H22N2O2. The summed E-state index contributed by atoms with van der Waals surface area (Å²) < 4.78 is 5.93. The van der Waals surface area contributed by atoms with Gasteiger partial charge in [-0.1, -0.05) is 29.8 Å². The average Bonchev–Trinajstić information content (AvgIpc) is 2.92. The number of carbonyl (C=O) groups is 1. The second-order valence-electron chi connectivity index (χ2n) is 6.13. The Bertz CT molecular complexity index is 863. The Labute approximate surface area is 141 Å². The highest BCUT2D eigenvalue weighted by atomic mass is 16.5. The Morgan fingerprint density at radius 3 is 2.62 bits per heavy atom.